The van der Waals surface area contributed by atoms with Crippen molar-refractivity contribution in [2.75, 3.05) is 13.1 Å². The first-order chi connectivity index (χ1) is 10.2. The first kappa shape index (κ1) is 16.5. The van der Waals surface area contributed by atoms with E-state index in [2.05, 4.69) is 6.58 Å². The van der Waals surface area contributed by atoms with E-state index in [0.717, 1.165) is 28.5 Å². The molecule has 1 saturated carbocycles. The molecule has 2 rings (SSSR count). The lowest BCUT2D eigenvalue weighted by atomic mass is 9.78. The molecule has 0 aliphatic heterocycles. The van der Waals surface area contributed by atoms with E-state index in [0.29, 0.717) is 25.6 Å². The van der Waals surface area contributed by atoms with Gasteiger partial charge in [-0.3, -0.25) is 4.79 Å². The SMILES string of the molecule is C=CCN(Cc1ccc(Cl)s1)C(=O)C1CCCCC1CN. The number of amides is 1. The largest absolute Gasteiger partial charge is 0.334 e. The Morgan fingerprint density at radius 3 is 2.86 bits per heavy atom. The van der Waals surface area contributed by atoms with Gasteiger partial charge >= 0.3 is 0 Å². The molecule has 1 fully saturated rings. The van der Waals surface area contributed by atoms with Crippen molar-refractivity contribution in [1.82, 2.24) is 4.90 Å². The molecule has 5 heteroatoms. The predicted octanol–water partition coefficient (Wildman–Crippen LogP) is 3.68. The first-order valence-corrected chi connectivity index (χ1v) is 8.69. The molecule has 1 heterocycles. The van der Waals surface area contributed by atoms with Crippen LogP contribution in [0.3, 0.4) is 0 Å². The van der Waals surface area contributed by atoms with Gasteiger partial charge in [-0.25, -0.2) is 0 Å². The zero-order valence-corrected chi connectivity index (χ0v) is 13.8. The van der Waals surface area contributed by atoms with Gasteiger partial charge in [0, 0.05) is 17.3 Å². The van der Waals surface area contributed by atoms with E-state index in [1.54, 1.807) is 6.08 Å². The van der Waals surface area contributed by atoms with Gasteiger partial charge in [-0.15, -0.1) is 17.9 Å². The van der Waals surface area contributed by atoms with Gasteiger partial charge in [0.25, 0.3) is 0 Å². The second-order valence-electron chi connectivity index (χ2n) is 5.60. The number of rotatable bonds is 6. The summed E-state index contributed by atoms with van der Waals surface area (Å²) >= 11 is 7.50. The van der Waals surface area contributed by atoms with E-state index in [9.17, 15) is 4.79 Å². The molecule has 0 bridgehead atoms. The number of nitrogens with zero attached hydrogens (tertiary/aromatic N) is 1. The van der Waals surface area contributed by atoms with Gasteiger partial charge < -0.3 is 10.6 Å². The molecule has 0 radical (unpaired) electrons. The maximum absolute atomic E-state index is 12.9. The molecule has 1 amide bonds. The van der Waals surface area contributed by atoms with E-state index in [4.69, 9.17) is 17.3 Å². The number of thiophene rings is 1. The third kappa shape index (κ3) is 4.31. The number of carbonyl (C=O) groups is 1. The van der Waals surface area contributed by atoms with Gasteiger partial charge in [0.15, 0.2) is 0 Å². The van der Waals surface area contributed by atoms with Gasteiger partial charge in [-0.05, 0) is 37.4 Å². The summed E-state index contributed by atoms with van der Waals surface area (Å²) < 4.78 is 0.758. The molecule has 2 N–H and O–H groups in total. The molecule has 0 spiro atoms. The average molecular weight is 327 g/mol. The zero-order valence-electron chi connectivity index (χ0n) is 12.3. The second kappa shape index (κ2) is 7.97. The number of hydrogen-bond donors (Lipinski definition) is 1. The molecule has 1 aliphatic carbocycles. The van der Waals surface area contributed by atoms with Crippen LogP contribution in [0, 0.1) is 11.8 Å². The minimum atomic E-state index is 0.0686. The predicted molar refractivity (Wildman–Crippen MR) is 89.4 cm³/mol. The van der Waals surface area contributed by atoms with E-state index in [1.807, 2.05) is 17.0 Å². The lowest BCUT2D eigenvalue weighted by Gasteiger charge is -2.33. The summed E-state index contributed by atoms with van der Waals surface area (Å²) in [6.45, 7) is 5.55. The molecule has 116 valence electrons. The fourth-order valence-electron chi connectivity index (χ4n) is 3.06. The summed E-state index contributed by atoms with van der Waals surface area (Å²) in [6.07, 6.45) is 6.12. The molecule has 0 aromatic carbocycles. The molecule has 2 atom stereocenters. The molecule has 1 aromatic rings. The average Bonchev–Trinajstić information content (AvgIpc) is 2.91. The Morgan fingerprint density at radius 2 is 2.24 bits per heavy atom. The highest BCUT2D eigenvalue weighted by molar-refractivity contribution is 7.16. The van der Waals surface area contributed by atoms with Crippen molar-refractivity contribution in [2.45, 2.75) is 32.2 Å². The molecule has 1 aliphatic rings. The zero-order chi connectivity index (χ0) is 15.2. The molecule has 3 nitrogen and oxygen atoms in total. The van der Waals surface area contributed by atoms with E-state index in [1.165, 1.54) is 17.8 Å². The van der Waals surface area contributed by atoms with Crippen molar-refractivity contribution < 1.29 is 4.79 Å². The number of carbonyl (C=O) groups excluding carboxylic acids is 1. The Bertz CT molecular complexity index is 488. The number of halogens is 1. The minimum Gasteiger partial charge on any atom is -0.334 e. The summed E-state index contributed by atoms with van der Waals surface area (Å²) in [5, 5.41) is 0. The Labute approximate surface area is 135 Å². The number of nitrogens with two attached hydrogens (primary N) is 1. The third-order valence-corrected chi connectivity index (χ3v) is 5.38. The van der Waals surface area contributed by atoms with Gasteiger partial charge in [-0.1, -0.05) is 30.5 Å². The highest BCUT2D eigenvalue weighted by Gasteiger charge is 2.32. The second-order valence-corrected chi connectivity index (χ2v) is 7.40. The molecular formula is C16H23ClN2OS. The van der Waals surface area contributed by atoms with E-state index >= 15 is 0 Å². The van der Waals surface area contributed by atoms with Crippen molar-refractivity contribution in [1.29, 1.82) is 0 Å². The summed E-state index contributed by atoms with van der Waals surface area (Å²) in [5.41, 5.74) is 5.86. The summed E-state index contributed by atoms with van der Waals surface area (Å²) in [6, 6.07) is 3.86. The van der Waals surface area contributed by atoms with Gasteiger partial charge in [0.1, 0.15) is 0 Å². The minimum absolute atomic E-state index is 0.0686. The quantitative estimate of drug-likeness (QED) is 0.810. The Hall–Kier alpha value is -0.840. The van der Waals surface area contributed by atoms with Crippen molar-refractivity contribution in [3.05, 3.63) is 34.0 Å². The fourth-order valence-corrected chi connectivity index (χ4v) is 4.17. The molecule has 21 heavy (non-hydrogen) atoms. The number of hydrogen-bond acceptors (Lipinski definition) is 3. The summed E-state index contributed by atoms with van der Waals surface area (Å²) in [5.74, 6) is 0.610. The van der Waals surface area contributed by atoms with Crippen LogP contribution in [0.1, 0.15) is 30.6 Å². The van der Waals surface area contributed by atoms with Crippen molar-refractivity contribution >= 4 is 28.8 Å². The Balaban J connectivity index is 2.08. The maximum Gasteiger partial charge on any atom is 0.226 e. The maximum atomic E-state index is 12.9. The van der Waals surface area contributed by atoms with Crippen LogP contribution in [0.5, 0.6) is 0 Å². The van der Waals surface area contributed by atoms with Crippen LogP contribution in [0.4, 0.5) is 0 Å². The van der Waals surface area contributed by atoms with Crippen molar-refractivity contribution in [2.24, 2.45) is 17.6 Å². The molecule has 1 aromatic heterocycles. The summed E-state index contributed by atoms with van der Waals surface area (Å²) in [4.78, 5) is 15.9. The molecule has 2 unspecified atom stereocenters. The van der Waals surface area contributed by atoms with Gasteiger partial charge in [-0.2, -0.15) is 0 Å². The van der Waals surface area contributed by atoms with Crippen LogP contribution in [0.2, 0.25) is 4.34 Å². The third-order valence-electron chi connectivity index (χ3n) is 4.17. The van der Waals surface area contributed by atoms with E-state index < -0.39 is 0 Å². The normalized spacial score (nSPS) is 22.0. The highest BCUT2D eigenvalue weighted by atomic mass is 35.5. The highest BCUT2D eigenvalue weighted by Crippen LogP contribution is 2.32. The van der Waals surface area contributed by atoms with Crippen LogP contribution in [0.15, 0.2) is 24.8 Å². The molecule has 0 saturated heterocycles. The summed E-state index contributed by atoms with van der Waals surface area (Å²) in [7, 11) is 0. The van der Waals surface area contributed by atoms with Crippen molar-refractivity contribution in [3.8, 4) is 0 Å². The standard InChI is InChI=1S/C16H23ClN2OS/c1-2-9-19(11-13-7-8-15(17)21-13)16(20)14-6-4-3-5-12(14)10-18/h2,7-8,12,14H,1,3-6,9-11,18H2. The van der Waals surface area contributed by atoms with Gasteiger partial charge in [0.05, 0.1) is 10.9 Å². The van der Waals surface area contributed by atoms with Crippen LogP contribution in [-0.2, 0) is 11.3 Å². The van der Waals surface area contributed by atoms with E-state index in [-0.39, 0.29) is 11.8 Å². The van der Waals surface area contributed by atoms with Gasteiger partial charge in [0.2, 0.25) is 5.91 Å². The van der Waals surface area contributed by atoms with Crippen molar-refractivity contribution in [3.63, 3.8) is 0 Å². The lowest BCUT2D eigenvalue weighted by Crippen LogP contribution is -2.42. The fraction of sp³-hybridized carbons (Fsp3) is 0.562. The molecular weight excluding hydrogens is 304 g/mol. The smallest absolute Gasteiger partial charge is 0.226 e. The topological polar surface area (TPSA) is 46.3 Å². The van der Waals surface area contributed by atoms with Crippen LogP contribution in [0.25, 0.3) is 0 Å². The van der Waals surface area contributed by atoms with Crippen LogP contribution in [-0.4, -0.2) is 23.9 Å². The Morgan fingerprint density at radius 1 is 1.48 bits per heavy atom. The Kier molecular flexibility index (Phi) is 6.27. The van der Waals surface area contributed by atoms with Crippen LogP contribution < -0.4 is 5.73 Å². The first-order valence-electron chi connectivity index (χ1n) is 7.49. The lowest BCUT2D eigenvalue weighted by molar-refractivity contribution is -0.138. The van der Waals surface area contributed by atoms with Crippen LogP contribution >= 0.6 is 22.9 Å². The monoisotopic (exact) mass is 326 g/mol.